The number of H-pyrrole nitrogens is 1. The van der Waals surface area contributed by atoms with E-state index in [-0.39, 0.29) is 5.91 Å². The molecule has 2 rings (SSSR count). The number of nitrogens with two attached hydrogens (primary N) is 1. The minimum atomic E-state index is -0.683. The normalized spacial score (nSPS) is 12.2. The number of rotatable bonds is 5. The lowest BCUT2D eigenvalue weighted by Crippen LogP contribution is -2.35. The van der Waals surface area contributed by atoms with Gasteiger partial charge in [0.1, 0.15) is 6.04 Å². The molecule has 1 amide bonds. The molecular formula is C17H24N4O. The zero-order valence-corrected chi connectivity index (χ0v) is 13.7. The number of benzene rings is 1. The molecule has 0 spiro atoms. The van der Waals surface area contributed by atoms with Crippen LogP contribution in [0, 0.1) is 27.7 Å². The quantitative estimate of drug-likeness (QED) is 0.789. The molecule has 1 unspecified atom stereocenters. The summed E-state index contributed by atoms with van der Waals surface area (Å²) in [6, 6.07) is 5.68. The summed E-state index contributed by atoms with van der Waals surface area (Å²) in [5.41, 5.74) is 12.2. The minimum absolute atomic E-state index is 0.169. The predicted octanol–water partition coefficient (Wildman–Crippen LogP) is 2.00. The van der Waals surface area contributed by atoms with Gasteiger partial charge in [-0.25, -0.2) is 0 Å². The Morgan fingerprint density at radius 1 is 1.32 bits per heavy atom. The summed E-state index contributed by atoms with van der Waals surface area (Å²) < 4.78 is 0. The zero-order chi connectivity index (χ0) is 16.3. The molecule has 0 aliphatic carbocycles. The Morgan fingerprint density at radius 3 is 2.68 bits per heavy atom. The molecule has 118 valence electrons. The molecule has 1 heterocycles. The van der Waals surface area contributed by atoms with Crippen LogP contribution >= 0.6 is 0 Å². The smallest absolute Gasteiger partial charge is 0.241 e. The number of amides is 1. The van der Waals surface area contributed by atoms with Crippen molar-refractivity contribution in [1.82, 2.24) is 15.5 Å². The molecule has 1 atom stereocenters. The molecule has 0 fully saturated rings. The fourth-order valence-electron chi connectivity index (χ4n) is 2.65. The van der Waals surface area contributed by atoms with E-state index >= 15 is 0 Å². The molecule has 4 N–H and O–H groups in total. The number of carbonyl (C=O) groups excluding carboxylic acids is 1. The highest BCUT2D eigenvalue weighted by molar-refractivity contribution is 5.83. The molecule has 0 aliphatic rings. The van der Waals surface area contributed by atoms with E-state index < -0.39 is 6.04 Å². The first-order valence-corrected chi connectivity index (χ1v) is 7.51. The van der Waals surface area contributed by atoms with Crippen molar-refractivity contribution in [3.8, 4) is 0 Å². The van der Waals surface area contributed by atoms with Crippen molar-refractivity contribution in [3.63, 3.8) is 0 Å². The van der Waals surface area contributed by atoms with Crippen molar-refractivity contribution in [2.75, 3.05) is 6.54 Å². The first-order valence-electron chi connectivity index (χ1n) is 7.51. The number of hydrogen-bond donors (Lipinski definition) is 3. The van der Waals surface area contributed by atoms with E-state index in [1.54, 1.807) is 0 Å². The number of carbonyl (C=O) groups is 1. The Balaban J connectivity index is 1.94. The number of nitrogens with zero attached hydrogens (tertiary/aromatic N) is 1. The maximum atomic E-state index is 12.2. The van der Waals surface area contributed by atoms with Crippen molar-refractivity contribution >= 4 is 5.91 Å². The lowest BCUT2D eigenvalue weighted by atomic mass is 10.0. The molecule has 0 saturated heterocycles. The van der Waals surface area contributed by atoms with Gasteiger partial charge in [0.15, 0.2) is 0 Å². The monoisotopic (exact) mass is 300 g/mol. The molecule has 2 aromatic rings. The standard InChI is InChI=1S/C17H24N4O/c1-10-5-6-11(2)14(9-10)7-8-19-17(22)16(18)15-12(3)20-21-13(15)4/h5-6,9,16H,7-8,18H2,1-4H3,(H,19,22)(H,20,21). The highest BCUT2D eigenvalue weighted by atomic mass is 16.2. The molecule has 0 bridgehead atoms. The molecule has 1 aromatic carbocycles. The first kappa shape index (κ1) is 16.2. The SMILES string of the molecule is Cc1ccc(C)c(CCNC(=O)C(N)c2c(C)n[nH]c2C)c1. The molecule has 5 heteroatoms. The third kappa shape index (κ3) is 3.54. The van der Waals surface area contributed by atoms with Crippen LogP contribution in [-0.2, 0) is 11.2 Å². The van der Waals surface area contributed by atoms with Crippen LogP contribution in [0.1, 0.15) is 39.7 Å². The molecule has 5 nitrogen and oxygen atoms in total. The number of aryl methyl sites for hydroxylation is 4. The topological polar surface area (TPSA) is 83.8 Å². The highest BCUT2D eigenvalue weighted by Crippen LogP contribution is 2.17. The van der Waals surface area contributed by atoms with Crippen LogP contribution in [0.2, 0.25) is 0 Å². The number of nitrogens with one attached hydrogen (secondary N) is 2. The van der Waals surface area contributed by atoms with Gasteiger partial charge in [0, 0.05) is 17.8 Å². The second-order valence-corrected chi connectivity index (χ2v) is 5.80. The Morgan fingerprint density at radius 2 is 2.05 bits per heavy atom. The summed E-state index contributed by atoms with van der Waals surface area (Å²) in [5, 5.41) is 9.86. The summed E-state index contributed by atoms with van der Waals surface area (Å²) >= 11 is 0. The fourth-order valence-corrected chi connectivity index (χ4v) is 2.65. The van der Waals surface area contributed by atoms with Crippen LogP contribution in [0.15, 0.2) is 18.2 Å². The molecule has 0 aliphatic heterocycles. The van der Waals surface area contributed by atoms with Gasteiger partial charge in [-0.2, -0.15) is 5.10 Å². The Hall–Kier alpha value is -2.14. The molecule has 0 radical (unpaired) electrons. The second kappa shape index (κ2) is 6.75. The predicted molar refractivity (Wildman–Crippen MR) is 87.6 cm³/mol. The number of hydrogen-bond acceptors (Lipinski definition) is 3. The largest absolute Gasteiger partial charge is 0.354 e. The molecule has 0 saturated carbocycles. The van der Waals surface area contributed by atoms with Gasteiger partial charge in [0.2, 0.25) is 5.91 Å². The number of aromatic amines is 1. The average molecular weight is 300 g/mol. The lowest BCUT2D eigenvalue weighted by Gasteiger charge is -2.13. The maximum absolute atomic E-state index is 12.2. The fraction of sp³-hybridized carbons (Fsp3) is 0.412. The highest BCUT2D eigenvalue weighted by Gasteiger charge is 2.21. The van der Waals surface area contributed by atoms with Crippen molar-refractivity contribution in [3.05, 3.63) is 51.8 Å². The Labute approximate surface area is 131 Å². The second-order valence-electron chi connectivity index (χ2n) is 5.80. The number of aromatic nitrogens is 2. The van der Waals surface area contributed by atoms with E-state index in [9.17, 15) is 4.79 Å². The minimum Gasteiger partial charge on any atom is -0.354 e. The van der Waals surface area contributed by atoms with Gasteiger partial charge in [-0.15, -0.1) is 0 Å². The summed E-state index contributed by atoms with van der Waals surface area (Å²) in [7, 11) is 0. The van der Waals surface area contributed by atoms with E-state index in [2.05, 4.69) is 47.6 Å². The summed E-state index contributed by atoms with van der Waals surface area (Å²) in [4.78, 5) is 12.2. The zero-order valence-electron chi connectivity index (χ0n) is 13.7. The van der Waals surface area contributed by atoms with Gasteiger partial charge in [0.05, 0.1) is 5.69 Å². The van der Waals surface area contributed by atoms with Crippen LogP contribution in [-0.4, -0.2) is 22.6 Å². The van der Waals surface area contributed by atoms with Gasteiger partial charge >= 0.3 is 0 Å². The van der Waals surface area contributed by atoms with Crippen molar-refractivity contribution < 1.29 is 4.79 Å². The summed E-state index contributed by atoms with van der Waals surface area (Å²) in [5.74, 6) is -0.169. The van der Waals surface area contributed by atoms with Gasteiger partial charge in [0.25, 0.3) is 0 Å². The maximum Gasteiger partial charge on any atom is 0.241 e. The third-order valence-corrected chi connectivity index (χ3v) is 3.98. The Bertz CT molecular complexity index is 656. The lowest BCUT2D eigenvalue weighted by molar-refractivity contribution is -0.122. The van der Waals surface area contributed by atoms with Crippen LogP contribution in [0.5, 0.6) is 0 Å². The van der Waals surface area contributed by atoms with Crippen molar-refractivity contribution in [2.45, 2.75) is 40.2 Å². The van der Waals surface area contributed by atoms with E-state index in [0.29, 0.717) is 6.54 Å². The van der Waals surface area contributed by atoms with Crippen LogP contribution in [0.25, 0.3) is 0 Å². The van der Waals surface area contributed by atoms with E-state index in [1.807, 2.05) is 13.8 Å². The van der Waals surface area contributed by atoms with E-state index in [1.165, 1.54) is 16.7 Å². The van der Waals surface area contributed by atoms with Crippen LogP contribution in [0.3, 0.4) is 0 Å². The van der Waals surface area contributed by atoms with Crippen LogP contribution in [0.4, 0.5) is 0 Å². The van der Waals surface area contributed by atoms with Crippen molar-refractivity contribution in [1.29, 1.82) is 0 Å². The average Bonchev–Trinajstić information content (AvgIpc) is 2.81. The first-order chi connectivity index (χ1) is 10.4. The molecular weight excluding hydrogens is 276 g/mol. The summed E-state index contributed by atoms with van der Waals surface area (Å²) in [6.07, 6.45) is 0.801. The van der Waals surface area contributed by atoms with E-state index in [0.717, 1.165) is 23.4 Å². The van der Waals surface area contributed by atoms with Gasteiger partial charge in [-0.3, -0.25) is 9.89 Å². The third-order valence-electron chi connectivity index (χ3n) is 3.98. The van der Waals surface area contributed by atoms with Crippen LogP contribution < -0.4 is 11.1 Å². The van der Waals surface area contributed by atoms with Gasteiger partial charge in [-0.05, 0) is 45.2 Å². The molecule has 22 heavy (non-hydrogen) atoms. The summed E-state index contributed by atoms with van der Waals surface area (Å²) in [6.45, 7) is 8.45. The Kier molecular flexibility index (Phi) is 4.98. The van der Waals surface area contributed by atoms with E-state index in [4.69, 9.17) is 5.73 Å². The van der Waals surface area contributed by atoms with Gasteiger partial charge in [-0.1, -0.05) is 23.8 Å². The molecule has 1 aromatic heterocycles. The van der Waals surface area contributed by atoms with Gasteiger partial charge < -0.3 is 11.1 Å². The van der Waals surface area contributed by atoms with Crippen molar-refractivity contribution in [2.24, 2.45) is 5.73 Å².